The minimum Gasteiger partial charge on any atom is -0.478 e. The summed E-state index contributed by atoms with van der Waals surface area (Å²) in [7, 11) is 0. The highest BCUT2D eigenvalue weighted by Crippen LogP contribution is 2.33. The molecule has 122 valence electrons. The molecule has 0 saturated heterocycles. The molecule has 1 aromatic carbocycles. The third-order valence-electron chi connectivity index (χ3n) is 4.36. The summed E-state index contributed by atoms with van der Waals surface area (Å²) in [5, 5.41) is 9.53. The molecule has 4 nitrogen and oxygen atoms in total. The lowest BCUT2D eigenvalue weighted by atomic mass is 9.97. The van der Waals surface area contributed by atoms with Crippen LogP contribution in [-0.2, 0) is 6.54 Å². The fourth-order valence-corrected chi connectivity index (χ4v) is 3.21. The first-order valence-electron chi connectivity index (χ1n) is 7.87. The summed E-state index contributed by atoms with van der Waals surface area (Å²) in [6, 6.07) is 10.0. The van der Waals surface area contributed by atoms with Crippen molar-refractivity contribution in [3.8, 4) is 11.3 Å². The van der Waals surface area contributed by atoms with E-state index in [1.807, 2.05) is 35.9 Å². The first kappa shape index (κ1) is 16.0. The monoisotopic (exact) mass is 320 g/mol. The number of hydrogen-bond acceptors (Lipinski definition) is 2. The Labute approximate surface area is 141 Å². The maximum atomic E-state index is 11.6. The van der Waals surface area contributed by atoms with Gasteiger partial charge in [-0.2, -0.15) is 0 Å². The first-order valence-corrected chi connectivity index (χ1v) is 7.87. The second kappa shape index (κ2) is 6.32. The van der Waals surface area contributed by atoms with Gasteiger partial charge in [0, 0.05) is 30.7 Å². The topological polar surface area (TPSA) is 55.1 Å². The molecule has 2 aromatic heterocycles. The zero-order valence-electron chi connectivity index (χ0n) is 14.1. The highest BCUT2D eigenvalue weighted by atomic mass is 16.4. The average Bonchev–Trinajstić information content (AvgIpc) is 2.86. The van der Waals surface area contributed by atoms with Crippen molar-refractivity contribution in [2.45, 2.75) is 27.3 Å². The lowest BCUT2D eigenvalue weighted by Crippen LogP contribution is -2.03. The van der Waals surface area contributed by atoms with Gasteiger partial charge in [-0.15, -0.1) is 0 Å². The van der Waals surface area contributed by atoms with E-state index in [-0.39, 0.29) is 0 Å². The van der Waals surface area contributed by atoms with Gasteiger partial charge in [0.2, 0.25) is 0 Å². The van der Waals surface area contributed by atoms with E-state index in [0.717, 1.165) is 33.5 Å². The number of carboxylic acid groups (broad SMARTS) is 1. The molecule has 0 unspecified atom stereocenters. The summed E-state index contributed by atoms with van der Waals surface area (Å²) in [5.74, 6) is -0.898. The number of pyridine rings is 1. The van der Waals surface area contributed by atoms with Crippen LogP contribution >= 0.6 is 0 Å². The molecule has 0 saturated carbocycles. The van der Waals surface area contributed by atoms with Crippen LogP contribution in [0.3, 0.4) is 0 Å². The van der Waals surface area contributed by atoms with Crippen LogP contribution in [0.25, 0.3) is 11.3 Å². The summed E-state index contributed by atoms with van der Waals surface area (Å²) in [6.45, 7) is 6.59. The molecule has 0 amide bonds. The third-order valence-corrected chi connectivity index (χ3v) is 4.36. The van der Waals surface area contributed by atoms with Crippen molar-refractivity contribution in [1.82, 2.24) is 9.55 Å². The molecular weight excluding hydrogens is 300 g/mol. The van der Waals surface area contributed by atoms with Gasteiger partial charge in [-0.25, -0.2) is 4.79 Å². The van der Waals surface area contributed by atoms with Gasteiger partial charge in [0.05, 0.1) is 11.3 Å². The fraction of sp³-hybridized carbons (Fsp3) is 0.200. The van der Waals surface area contributed by atoms with Crippen molar-refractivity contribution in [3.63, 3.8) is 0 Å². The number of aromatic nitrogens is 2. The zero-order chi connectivity index (χ0) is 17.3. The molecule has 4 heteroatoms. The van der Waals surface area contributed by atoms with Crippen molar-refractivity contribution >= 4 is 5.97 Å². The van der Waals surface area contributed by atoms with Crippen LogP contribution in [0.1, 0.15) is 32.6 Å². The van der Waals surface area contributed by atoms with Crippen LogP contribution in [0.15, 0.2) is 48.9 Å². The Bertz CT molecular complexity index is 875. The Kier molecular flexibility index (Phi) is 4.21. The van der Waals surface area contributed by atoms with Crippen LogP contribution in [0, 0.1) is 20.8 Å². The van der Waals surface area contributed by atoms with E-state index in [2.05, 4.69) is 31.0 Å². The van der Waals surface area contributed by atoms with Crippen LogP contribution in [0.2, 0.25) is 0 Å². The molecule has 0 aliphatic carbocycles. The molecule has 0 atom stereocenters. The van der Waals surface area contributed by atoms with Gasteiger partial charge in [0.25, 0.3) is 0 Å². The van der Waals surface area contributed by atoms with Crippen LogP contribution in [0.4, 0.5) is 0 Å². The molecule has 24 heavy (non-hydrogen) atoms. The Morgan fingerprint density at radius 1 is 1.12 bits per heavy atom. The van der Waals surface area contributed by atoms with E-state index in [4.69, 9.17) is 0 Å². The molecule has 0 bridgehead atoms. The molecular formula is C20H20N2O2. The Balaban J connectivity index is 2.22. The summed E-state index contributed by atoms with van der Waals surface area (Å²) >= 11 is 0. The van der Waals surface area contributed by atoms with Crippen LogP contribution in [-0.4, -0.2) is 20.6 Å². The van der Waals surface area contributed by atoms with Crippen molar-refractivity contribution < 1.29 is 9.90 Å². The molecule has 0 spiro atoms. The van der Waals surface area contributed by atoms with Crippen LogP contribution < -0.4 is 0 Å². The van der Waals surface area contributed by atoms with Crippen molar-refractivity contribution in [3.05, 3.63) is 76.7 Å². The SMILES string of the molecule is Cc1cccc(C)c1-c1c(C)c(C(=O)O)cn1Cc1cccnc1. The lowest BCUT2D eigenvalue weighted by molar-refractivity contribution is 0.0696. The maximum absolute atomic E-state index is 11.6. The zero-order valence-corrected chi connectivity index (χ0v) is 14.1. The van der Waals surface area contributed by atoms with Crippen molar-refractivity contribution in [1.29, 1.82) is 0 Å². The quantitative estimate of drug-likeness (QED) is 0.783. The summed E-state index contributed by atoms with van der Waals surface area (Å²) in [4.78, 5) is 15.8. The fourth-order valence-electron chi connectivity index (χ4n) is 3.21. The second-order valence-electron chi connectivity index (χ2n) is 6.08. The van der Waals surface area contributed by atoms with Gasteiger partial charge in [-0.05, 0) is 49.1 Å². The molecule has 0 aliphatic rings. The molecule has 0 aliphatic heterocycles. The number of carboxylic acids is 1. The highest BCUT2D eigenvalue weighted by molar-refractivity contribution is 5.92. The molecule has 1 N–H and O–H groups in total. The predicted molar refractivity (Wildman–Crippen MR) is 94.4 cm³/mol. The predicted octanol–water partition coefficient (Wildman–Crippen LogP) is 4.22. The highest BCUT2D eigenvalue weighted by Gasteiger charge is 2.20. The van der Waals surface area contributed by atoms with Crippen LogP contribution in [0.5, 0.6) is 0 Å². The summed E-state index contributed by atoms with van der Waals surface area (Å²) < 4.78 is 2.02. The smallest absolute Gasteiger partial charge is 0.337 e. The van der Waals surface area contributed by atoms with E-state index in [0.29, 0.717) is 12.1 Å². The maximum Gasteiger partial charge on any atom is 0.337 e. The van der Waals surface area contributed by atoms with Gasteiger partial charge >= 0.3 is 5.97 Å². The molecule has 3 rings (SSSR count). The molecule has 0 radical (unpaired) electrons. The average molecular weight is 320 g/mol. The Morgan fingerprint density at radius 2 is 1.83 bits per heavy atom. The number of hydrogen-bond donors (Lipinski definition) is 1. The number of carbonyl (C=O) groups is 1. The lowest BCUT2D eigenvalue weighted by Gasteiger charge is -2.15. The first-order chi connectivity index (χ1) is 11.5. The van der Waals surface area contributed by atoms with Gasteiger partial charge in [-0.3, -0.25) is 4.98 Å². The van der Waals surface area contributed by atoms with E-state index in [1.165, 1.54) is 0 Å². The van der Waals surface area contributed by atoms with E-state index in [1.54, 1.807) is 12.4 Å². The second-order valence-corrected chi connectivity index (χ2v) is 6.08. The third kappa shape index (κ3) is 2.83. The van der Waals surface area contributed by atoms with Gasteiger partial charge < -0.3 is 9.67 Å². The number of aromatic carboxylic acids is 1. The number of rotatable bonds is 4. The molecule has 0 fully saturated rings. The minimum absolute atomic E-state index is 0.344. The largest absolute Gasteiger partial charge is 0.478 e. The Hall–Kier alpha value is -2.88. The molecule has 2 heterocycles. The van der Waals surface area contributed by atoms with Gasteiger partial charge in [0.15, 0.2) is 0 Å². The standard InChI is InChI=1S/C20H20N2O2/c1-13-6-4-7-14(2)18(13)19-15(3)17(20(23)24)12-22(19)11-16-8-5-9-21-10-16/h4-10,12H,11H2,1-3H3,(H,23,24). The number of aryl methyl sites for hydroxylation is 2. The summed E-state index contributed by atoms with van der Waals surface area (Å²) in [5.41, 5.74) is 6.52. The van der Waals surface area contributed by atoms with E-state index >= 15 is 0 Å². The van der Waals surface area contributed by atoms with Gasteiger partial charge in [0.1, 0.15) is 0 Å². The summed E-state index contributed by atoms with van der Waals surface area (Å²) in [6.07, 6.45) is 5.27. The Morgan fingerprint density at radius 3 is 2.42 bits per heavy atom. The van der Waals surface area contributed by atoms with E-state index in [9.17, 15) is 9.90 Å². The molecule has 3 aromatic rings. The number of nitrogens with zero attached hydrogens (tertiary/aromatic N) is 2. The van der Waals surface area contributed by atoms with Crippen molar-refractivity contribution in [2.24, 2.45) is 0 Å². The normalized spacial score (nSPS) is 10.8. The van der Waals surface area contributed by atoms with Crippen molar-refractivity contribution in [2.75, 3.05) is 0 Å². The van der Waals surface area contributed by atoms with E-state index < -0.39 is 5.97 Å². The number of benzene rings is 1. The minimum atomic E-state index is -0.898. The van der Waals surface area contributed by atoms with Gasteiger partial charge in [-0.1, -0.05) is 24.3 Å².